The first-order chi connectivity index (χ1) is 26.4. The molecule has 0 aliphatic heterocycles. The van der Waals surface area contributed by atoms with Crippen LogP contribution in [0.1, 0.15) is 117 Å². The van der Waals surface area contributed by atoms with E-state index in [1.807, 2.05) is 36.5 Å². The standard InChI is InChI=1S/C10H21N.C9H19N.3C8H17N.C7H15N/c1-4-5-6-7-8-9-10-11(2)3;1-4-5-6-7-8-9-10(2)3;2*1-5-8(2)6-7-9(3)4;1-4-5-6-7-8-9(2)3;1-4-5-6-7-8(2)3/h4H,1,5-10H2,2-3H3;4H,1,5-9H2,2-3H3;2*5,8H,1,6-7H2,2-4H3;4H,1,5-8H2,2-3H3;4H,1,5-7H2,2-3H3/t;;2*8-;;/m..10../s1. The van der Waals surface area contributed by atoms with Crippen molar-refractivity contribution in [3.8, 4) is 0 Å². The summed E-state index contributed by atoms with van der Waals surface area (Å²) < 4.78 is 0. The molecule has 0 saturated heterocycles. The smallest absolute Gasteiger partial charge is 0.00193 e. The first kappa shape index (κ1) is 66.0. The molecule has 0 saturated carbocycles. The molecule has 6 heteroatoms. The molecule has 0 radical (unpaired) electrons. The highest BCUT2D eigenvalue weighted by Gasteiger charge is 1.96. The molecule has 0 fully saturated rings. The lowest BCUT2D eigenvalue weighted by atomic mass is 10.1. The van der Waals surface area contributed by atoms with Gasteiger partial charge in [-0.1, -0.05) is 69.6 Å². The fourth-order valence-corrected chi connectivity index (χ4v) is 4.39. The molecule has 0 unspecified atom stereocenters. The molecule has 6 nitrogen and oxygen atoms in total. The topological polar surface area (TPSA) is 19.4 Å². The van der Waals surface area contributed by atoms with Crippen molar-refractivity contribution in [2.24, 2.45) is 11.8 Å². The number of unbranched alkanes of at least 4 members (excludes halogenated alkanes) is 10. The third-order valence-electron chi connectivity index (χ3n) is 8.42. The minimum atomic E-state index is 0.660. The number of allylic oxidation sites excluding steroid dienone is 6. The highest BCUT2D eigenvalue weighted by molar-refractivity contribution is 4.76. The lowest BCUT2D eigenvalue weighted by Crippen LogP contribution is -2.14. The fraction of sp³-hybridized carbons (Fsp3) is 0.760. The van der Waals surface area contributed by atoms with Crippen LogP contribution >= 0.6 is 0 Å². The van der Waals surface area contributed by atoms with Gasteiger partial charge < -0.3 is 29.4 Å². The molecule has 0 N–H and O–H groups in total. The van der Waals surface area contributed by atoms with E-state index >= 15 is 0 Å². The summed E-state index contributed by atoms with van der Waals surface area (Å²) in [7, 11) is 25.2. The number of hydrogen-bond donors (Lipinski definition) is 0. The van der Waals surface area contributed by atoms with E-state index in [0.717, 1.165) is 25.9 Å². The second kappa shape index (κ2) is 57.5. The van der Waals surface area contributed by atoms with Crippen LogP contribution in [0.3, 0.4) is 0 Å². The quantitative estimate of drug-likeness (QED) is 0.0529. The van der Waals surface area contributed by atoms with Gasteiger partial charge in [-0.2, -0.15) is 0 Å². The van der Waals surface area contributed by atoms with Crippen molar-refractivity contribution in [2.45, 2.75) is 117 Å². The monoisotopic (exact) mass is 791 g/mol. The average Bonchev–Trinajstić information content (AvgIpc) is 3.13. The zero-order chi connectivity index (χ0) is 44.4. The molecular weight excluding hydrogens is 685 g/mol. The van der Waals surface area contributed by atoms with E-state index in [2.05, 4.69) is 167 Å². The summed E-state index contributed by atoms with van der Waals surface area (Å²) in [4.78, 5) is 13.3. The second-order valence-electron chi connectivity index (χ2n) is 16.7. The Morgan fingerprint density at radius 2 is 0.518 bits per heavy atom. The molecule has 0 amide bonds. The SMILES string of the molecule is C=CCCCCCCN(C)C.C=CCCCCCN(C)C.C=CCCCCN(C)C.C=CCCCN(C)C.C=C[C@@H](C)CCN(C)C.C=C[C@H](C)CCN(C)C. The van der Waals surface area contributed by atoms with E-state index in [9.17, 15) is 0 Å². The van der Waals surface area contributed by atoms with Gasteiger partial charge in [-0.05, 0) is 219 Å². The zero-order valence-corrected chi connectivity index (χ0v) is 41.1. The molecule has 336 valence electrons. The van der Waals surface area contributed by atoms with E-state index in [1.54, 1.807) is 0 Å². The molecule has 2 atom stereocenters. The summed E-state index contributed by atoms with van der Waals surface area (Å²) in [6.07, 6.45) is 32.2. The van der Waals surface area contributed by atoms with Crippen LogP contribution in [0.5, 0.6) is 0 Å². The first-order valence-electron chi connectivity index (χ1n) is 22.0. The van der Waals surface area contributed by atoms with E-state index in [1.165, 1.54) is 116 Å². The maximum absolute atomic E-state index is 3.72. The second-order valence-corrected chi connectivity index (χ2v) is 16.7. The van der Waals surface area contributed by atoms with Crippen LogP contribution in [0.2, 0.25) is 0 Å². The van der Waals surface area contributed by atoms with Crippen LogP contribution in [0.15, 0.2) is 75.9 Å². The molecule has 0 aromatic rings. The van der Waals surface area contributed by atoms with E-state index in [4.69, 9.17) is 0 Å². The van der Waals surface area contributed by atoms with Gasteiger partial charge in [0.2, 0.25) is 0 Å². The van der Waals surface area contributed by atoms with Gasteiger partial charge in [-0.15, -0.1) is 39.5 Å². The zero-order valence-electron chi connectivity index (χ0n) is 41.1. The van der Waals surface area contributed by atoms with Crippen LogP contribution in [0.25, 0.3) is 0 Å². The van der Waals surface area contributed by atoms with Gasteiger partial charge in [0.15, 0.2) is 0 Å². The van der Waals surface area contributed by atoms with E-state index in [-0.39, 0.29) is 0 Å². The van der Waals surface area contributed by atoms with Gasteiger partial charge >= 0.3 is 0 Å². The molecule has 0 aromatic heterocycles. The van der Waals surface area contributed by atoms with Crippen molar-refractivity contribution in [3.05, 3.63) is 75.9 Å². The Balaban J connectivity index is -0.000000134. The Morgan fingerprint density at radius 3 is 0.786 bits per heavy atom. The van der Waals surface area contributed by atoms with Crippen molar-refractivity contribution in [3.63, 3.8) is 0 Å². The van der Waals surface area contributed by atoms with Crippen LogP contribution in [0, 0.1) is 11.8 Å². The van der Waals surface area contributed by atoms with Gasteiger partial charge in [0.1, 0.15) is 0 Å². The Hall–Kier alpha value is -1.80. The maximum Gasteiger partial charge on any atom is -0.00193 e. The van der Waals surface area contributed by atoms with Crippen molar-refractivity contribution in [1.29, 1.82) is 0 Å². The van der Waals surface area contributed by atoms with Crippen LogP contribution in [-0.4, -0.2) is 153 Å². The van der Waals surface area contributed by atoms with Gasteiger partial charge in [0, 0.05) is 0 Å². The van der Waals surface area contributed by atoms with Crippen LogP contribution in [-0.2, 0) is 0 Å². The van der Waals surface area contributed by atoms with Gasteiger partial charge in [0.25, 0.3) is 0 Å². The summed E-state index contributed by atoms with van der Waals surface area (Å²) in [6, 6.07) is 0. The van der Waals surface area contributed by atoms with E-state index < -0.39 is 0 Å². The van der Waals surface area contributed by atoms with Gasteiger partial charge in [0.05, 0.1) is 0 Å². The molecule has 0 aliphatic carbocycles. The predicted octanol–water partition coefficient (Wildman–Crippen LogP) is 11.9. The molecule has 0 spiro atoms. The predicted molar refractivity (Wildman–Crippen MR) is 265 cm³/mol. The van der Waals surface area contributed by atoms with Crippen LogP contribution in [0.4, 0.5) is 0 Å². The Morgan fingerprint density at radius 1 is 0.304 bits per heavy atom. The van der Waals surface area contributed by atoms with Crippen molar-refractivity contribution < 1.29 is 0 Å². The largest absolute Gasteiger partial charge is 0.309 e. The summed E-state index contributed by atoms with van der Waals surface area (Å²) >= 11 is 0. The van der Waals surface area contributed by atoms with Crippen molar-refractivity contribution >= 4 is 0 Å². The fourth-order valence-electron chi connectivity index (χ4n) is 4.39. The highest BCUT2D eigenvalue weighted by Crippen LogP contribution is 2.04. The molecule has 0 heterocycles. The number of rotatable bonds is 30. The highest BCUT2D eigenvalue weighted by atomic mass is 15.1. The van der Waals surface area contributed by atoms with Crippen molar-refractivity contribution in [2.75, 3.05) is 124 Å². The lowest BCUT2D eigenvalue weighted by Gasteiger charge is -2.10. The maximum atomic E-state index is 3.72. The molecule has 0 rings (SSSR count). The van der Waals surface area contributed by atoms with Gasteiger partial charge in [-0.25, -0.2) is 0 Å². The van der Waals surface area contributed by atoms with Crippen LogP contribution < -0.4 is 0 Å². The molecule has 56 heavy (non-hydrogen) atoms. The third-order valence-corrected chi connectivity index (χ3v) is 8.42. The van der Waals surface area contributed by atoms with Crippen molar-refractivity contribution in [1.82, 2.24) is 29.4 Å². The molecule has 0 aromatic carbocycles. The number of hydrogen-bond acceptors (Lipinski definition) is 6. The summed E-state index contributed by atoms with van der Waals surface area (Å²) in [5.41, 5.74) is 0. The normalized spacial score (nSPS) is 11.4. The minimum absolute atomic E-state index is 0.660. The Bertz CT molecular complexity index is 750. The first-order valence-corrected chi connectivity index (χ1v) is 22.0. The average molecular weight is 791 g/mol. The summed E-state index contributed by atoms with van der Waals surface area (Å²) in [5.74, 6) is 1.32. The molecular formula is C50H106N6. The molecule has 0 aliphatic rings. The molecule has 0 bridgehead atoms. The third kappa shape index (κ3) is 93.8. The minimum Gasteiger partial charge on any atom is -0.309 e. The van der Waals surface area contributed by atoms with E-state index in [0.29, 0.717) is 11.8 Å². The number of nitrogens with zero attached hydrogens (tertiary/aromatic N) is 6. The Kier molecular flexibility index (Phi) is 67.8. The summed E-state index contributed by atoms with van der Waals surface area (Å²) in [5, 5.41) is 0. The van der Waals surface area contributed by atoms with Gasteiger partial charge in [-0.3, -0.25) is 0 Å². The lowest BCUT2D eigenvalue weighted by molar-refractivity contribution is 0.380. The summed E-state index contributed by atoms with van der Waals surface area (Å²) in [6.45, 7) is 33.7. The Labute approximate surface area is 356 Å².